The highest BCUT2D eigenvalue weighted by Gasteiger charge is 2.22. The molecule has 1 aromatic carbocycles. The van der Waals surface area contributed by atoms with Crippen LogP contribution in [-0.2, 0) is 4.74 Å². The second-order valence-corrected chi connectivity index (χ2v) is 3.10. The summed E-state index contributed by atoms with van der Waals surface area (Å²) in [4.78, 5) is 11.6. The predicted octanol–water partition coefficient (Wildman–Crippen LogP) is 2.57. The molecule has 0 amide bonds. The van der Waals surface area contributed by atoms with Gasteiger partial charge in [-0.1, -0.05) is 13.0 Å². The van der Waals surface area contributed by atoms with E-state index in [2.05, 4.69) is 0 Å². The van der Waals surface area contributed by atoms with E-state index < -0.39 is 23.5 Å². The number of Topliss-reactive ketones (excluding diaryl/α,β-unsaturated/α-hetero) is 1. The molecule has 4 heteroatoms. The number of ketones is 1. The third kappa shape index (κ3) is 2.39. The number of ether oxygens (including phenoxy) is 1. The van der Waals surface area contributed by atoms with Gasteiger partial charge >= 0.3 is 0 Å². The Morgan fingerprint density at radius 2 is 2.13 bits per heavy atom. The molecule has 15 heavy (non-hydrogen) atoms. The van der Waals surface area contributed by atoms with E-state index in [1.807, 2.05) is 0 Å². The van der Waals surface area contributed by atoms with Gasteiger partial charge in [-0.2, -0.15) is 0 Å². The highest BCUT2D eigenvalue weighted by Crippen LogP contribution is 2.15. The number of halogens is 2. The average Bonchev–Trinajstić information content (AvgIpc) is 2.23. The van der Waals surface area contributed by atoms with Crippen molar-refractivity contribution in [1.82, 2.24) is 0 Å². The molecular formula is C11H12F2O2. The van der Waals surface area contributed by atoms with Crippen molar-refractivity contribution in [3.8, 4) is 0 Å². The van der Waals surface area contributed by atoms with Crippen LogP contribution in [0.25, 0.3) is 0 Å². The molecule has 0 heterocycles. The Morgan fingerprint density at radius 1 is 1.47 bits per heavy atom. The summed E-state index contributed by atoms with van der Waals surface area (Å²) >= 11 is 0. The van der Waals surface area contributed by atoms with Crippen molar-refractivity contribution in [2.24, 2.45) is 0 Å². The molecule has 0 spiro atoms. The summed E-state index contributed by atoms with van der Waals surface area (Å²) in [5.74, 6) is -2.66. The Bertz CT molecular complexity index is 360. The van der Waals surface area contributed by atoms with E-state index in [9.17, 15) is 13.6 Å². The standard InChI is InChI=1S/C11H12F2O2/c1-3-9(15-2)11(14)7-5-4-6-8(12)10(7)13/h4-6,9H,3H2,1-2H3. The fourth-order valence-electron chi connectivity index (χ4n) is 1.33. The van der Waals surface area contributed by atoms with E-state index in [0.29, 0.717) is 6.42 Å². The number of methoxy groups -OCH3 is 1. The highest BCUT2D eigenvalue weighted by molar-refractivity contribution is 5.99. The van der Waals surface area contributed by atoms with Crippen molar-refractivity contribution in [3.63, 3.8) is 0 Å². The lowest BCUT2D eigenvalue weighted by Gasteiger charge is -2.12. The Labute approximate surface area is 86.9 Å². The van der Waals surface area contributed by atoms with Crippen LogP contribution in [0.5, 0.6) is 0 Å². The van der Waals surface area contributed by atoms with Crippen LogP contribution in [0.2, 0.25) is 0 Å². The summed E-state index contributed by atoms with van der Waals surface area (Å²) in [6.45, 7) is 1.74. The summed E-state index contributed by atoms with van der Waals surface area (Å²) in [6.07, 6.45) is -0.299. The van der Waals surface area contributed by atoms with Crippen LogP contribution in [0, 0.1) is 11.6 Å². The lowest BCUT2D eigenvalue weighted by molar-refractivity contribution is 0.0590. The average molecular weight is 214 g/mol. The fourth-order valence-corrected chi connectivity index (χ4v) is 1.33. The van der Waals surface area contributed by atoms with Gasteiger partial charge < -0.3 is 4.74 Å². The second-order valence-electron chi connectivity index (χ2n) is 3.10. The maximum atomic E-state index is 13.2. The Balaban J connectivity index is 3.05. The summed E-state index contributed by atoms with van der Waals surface area (Å²) in [6, 6.07) is 3.52. The normalized spacial score (nSPS) is 12.5. The van der Waals surface area contributed by atoms with Crippen molar-refractivity contribution < 1.29 is 18.3 Å². The van der Waals surface area contributed by atoms with Crippen molar-refractivity contribution in [2.45, 2.75) is 19.4 Å². The number of hydrogen-bond acceptors (Lipinski definition) is 2. The summed E-state index contributed by atoms with van der Waals surface area (Å²) in [5.41, 5.74) is -0.260. The summed E-state index contributed by atoms with van der Waals surface area (Å²) in [5, 5.41) is 0. The molecule has 0 aliphatic carbocycles. The van der Waals surface area contributed by atoms with Crippen LogP contribution >= 0.6 is 0 Å². The van der Waals surface area contributed by atoms with Gasteiger partial charge in [0.1, 0.15) is 6.10 Å². The molecule has 0 aliphatic heterocycles. The van der Waals surface area contributed by atoms with E-state index in [1.165, 1.54) is 19.2 Å². The zero-order valence-corrected chi connectivity index (χ0v) is 8.59. The minimum absolute atomic E-state index is 0.260. The van der Waals surface area contributed by atoms with Gasteiger partial charge in [-0.3, -0.25) is 4.79 Å². The van der Waals surface area contributed by atoms with Crippen LogP contribution in [0.3, 0.4) is 0 Å². The first-order valence-electron chi connectivity index (χ1n) is 4.62. The molecule has 0 N–H and O–H groups in total. The first-order chi connectivity index (χ1) is 7.11. The van der Waals surface area contributed by atoms with Crippen LogP contribution in [0.4, 0.5) is 8.78 Å². The van der Waals surface area contributed by atoms with Gasteiger partial charge in [-0.25, -0.2) is 8.78 Å². The third-order valence-corrected chi connectivity index (χ3v) is 2.16. The number of hydrogen-bond donors (Lipinski definition) is 0. The van der Waals surface area contributed by atoms with Gasteiger partial charge in [0.2, 0.25) is 0 Å². The first-order valence-corrected chi connectivity index (χ1v) is 4.62. The molecule has 1 atom stereocenters. The van der Waals surface area contributed by atoms with Gasteiger partial charge in [0.05, 0.1) is 5.56 Å². The maximum Gasteiger partial charge on any atom is 0.194 e. The largest absolute Gasteiger partial charge is 0.373 e. The quantitative estimate of drug-likeness (QED) is 0.720. The van der Waals surface area contributed by atoms with Crippen LogP contribution in [-0.4, -0.2) is 19.0 Å². The molecule has 0 aliphatic rings. The van der Waals surface area contributed by atoms with Crippen molar-refractivity contribution in [3.05, 3.63) is 35.4 Å². The first kappa shape index (κ1) is 11.8. The molecule has 2 nitrogen and oxygen atoms in total. The number of carbonyl (C=O) groups excluding carboxylic acids is 1. The Kier molecular flexibility index (Phi) is 3.91. The molecule has 0 saturated heterocycles. The minimum atomic E-state index is -1.11. The van der Waals surface area contributed by atoms with E-state index in [4.69, 9.17) is 4.74 Å². The van der Waals surface area contributed by atoms with Crippen LogP contribution < -0.4 is 0 Å². The maximum absolute atomic E-state index is 13.2. The molecular weight excluding hydrogens is 202 g/mol. The second kappa shape index (κ2) is 4.98. The number of carbonyl (C=O) groups is 1. The molecule has 1 rings (SSSR count). The van der Waals surface area contributed by atoms with Crippen LogP contribution in [0.1, 0.15) is 23.7 Å². The van der Waals surface area contributed by atoms with E-state index >= 15 is 0 Å². The van der Waals surface area contributed by atoms with E-state index in [-0.39, 0.29) is 5.56 Å². The number of benzene rings is 1. The molecule has 1 unspecified atom stereocenters. The monoisotopic (exact) mass is 214 g/mol. The van der Waals surface area contributed by atoms with Crippen molar-refractivity contribution in [2.75, 3.05) is 7.11 Å². The summed E-state index contributed by atoms with van der Waals surface area (Å²) in [7, 11) is 1.36. The third-order valence-electron chi connectivity index (χ3n) is 2.16. The molecule has 0 radical (unpaired) electrons. The Hall–Kier alpha value is -1.29. The molecule has 1 aromatic rings. The molecule has 0 aromatic heterocycles. The predicted molar refractivity (Wildman–Crippen MR) is 51.8 cm³/mol. The minimum Gasteiger partial charge on any atom is -0.373 e. The van der Waals surface area contributed by atoms with Crippen molar-refractivity contribution in [1.29, 1.82) is 0 Å². The van der Waals surface area contributed by atoms with Gasteiger partial charge in [0.25, 0.3) is 0 Å². The molecule has 0 fully saturated rings. The lowest BCUT2D eigenvalue weighted by atomic mass is 10.0. The van der Waals surface area contributed by atoms with Gasteiger partial charge in [-0.05, 0) is 18.6 Å². The van der Waals surface area contributed by atoms with Gasteiger partial charge in [-0.15, -0.1) is 0 Å². The topological polar surface area (TPSA) is 26.3 Å². The van der Waals surface area contributed by atoms with Gasteiger partial charge in [0.15, 0.2) is 17.4 Å². The zero-order valence-electron chi connectivity index (χ0n) is 8.59. The van der Waals surface area contributed by atoms with Crippen molar-refractivity contribution >= 4 is 5.78 Å². The molecule has 82 valence electrons. The fraction of sp³-hybridized carbons (Fsp3) is 0.364. The molecule has 0 saturated carbocycles. The SMILES string of the molecule is CCC(OC)C(=O)c1cccc(F)c1F. The summed E-state index contributed by atoms with van der Waals surface area (Å²) < 4.78 is 30.9. The zero-order chi connectivity index (χ0) is 11.4. The van der Waals surface area contributed by atoms with Gasteiger partial charge in [0, 0.05) is 7.11 Å². The smallest absolute Gasteiger partial charge is 0.194 e. The number of rotatable bonds is 4. The lowest BCUT2D eigenvalue weighted by Crippen LogP contribution is -2.23. The van der Waals surface area contributed by atoms with E-state index in [0.717, 1.165) is 6.07 Å². The molecule has 0 bridgehead atoms. The Morgan fingerprint density at radius 3 is 2.67 bits per heavy atom. The van der Waals surface area contributed by atoms with Crippen LogP contribution in [0.15, 0.2) is 18.2 Å². The highest BCUT2D eigenvalue weighted by atomic mass is 19.2. The van der Waals surface area contributed by atoms with E-state index in [1.54, 1.807) is 6.92 Å².